The number of carbonyl (C=O) groups excluding carboxylic acids is 1. The summed E-state index contributed by atoms with van der Waals surface area (Å²) in [6.45, 7) is 0.295. The quantitative estimate of drug-likeness (QED) is 0.857. The van der Waals surface area contributed by atoms with E-state index in [9.17, 15) is 17.6 Å². The fourth-order valence-corrected chi connectivity index (χ4v) is 4.32. The molecule has 1 aliphatic heterocycles. The molecule has 26 heavy (non-hydrogen) atoms. The molecule has 0 radical (unpaired) electrons. The lowest BCUT2D eigenvalue weighted by Crippen LogP contribution is -2.35. The summed E-state index contributed by atoms with van der Waals surface area (Å²) in [5, 5.41) is 8.04. The summed E-state index contributed by atoms with van der Waals surface area (Å²) >= 11 is 0. The number of hydrogen-bond acceptors (Lipinski definition) is 3. The summed E-state index contributed by atoms with van der Waals surface area (Å²) < 4.78 is 38.3. The van der Waals surface area contributed by atoms with Gasteiger partial charge in [0.1, 0.15) is 5.82 Å². The molecule has 6 nitrogen and oxygen atoms in total. The molecule has 2 aliphatic rings. The van der Waals surface area contributed by atoms with Gasteiger partial charge in [0.05, 0.1) is 5.69 Å². The molecule has 8 heteroatoms. The predicted molar refractivity (Wildman–Crippen MR) is 96.5 cm³/mol. The number of hydrogen-bond donors (Lipinski definition) is 2. The highest BCUT2D eigenvalue weighted by Crippen LogP contribution is 2.48. The maximum Gasteiger partial charge on any atom is 0.299 e. The Labute approximate surface area is 151 Å². The monoisotopic (exact) mass is 375 g/mol. The first-order chi connectivity index (χ1) is 12.3. The largest absolute Gasteiger partial charge is 0.326 e. The fraction of sp³-hybridized carbons (Fsp3) is 0.278. The molecule has 1 heterocycles. The maximum absolute atomic E-state index is 13.8. The van der Waals surface area contributed by atoms with Crippen molar-refractivity contribution in [2.75, 3.05) is 16.2 Å². The van der Waals surface area contributed by atoms with Crippen molar-refractivity contribution in [1.29, 1.82) is 0 Å². The van der Waals surface area contributed by atoms with Crippen LogP contribution in [0.4, 0.5) is 15.8 Å². The Morgan fingerprint density at radius 1 is 1.23 bits per heavy atom. The van der Waals surface area contributed by atoms with E-state index in [0.717, 1.165) is 9.87 Å². The number of benzene rings is 2. The molecule has 4 rings (SSSR count). The van der Waals surface area contributed by atoms with E-state index in [1.807, 2.05) is 0 Å². The number of amides is 1. The zero-order valence-electron chi connectivity index (χ0n) is 13.9. The molecule has 1 fully saturated rings. The molecule has 0 aromatic heterocycles. The second kappa shape index (κ2) is 6.07. The van der Waals surface area contributed by atoms with Gasteiger partial charge in [-0.3, -0.25) is 9.10 Å². The second-order valence-electron chi connectivity index (χ2n) is 6.67. The highest BCUT2D eigenvalue weighted by molar-refractivity contribution is 7.90. The van der Waals surface area contributed by atoms with Crippen molar-refractivity contribution in [3.05, 3.63) is 59.4 Å². The lowest BCUT2D eigenvalue weighted by Gasteiger charge is -2.16. The highest BCUT2D eigenvalue weighted by atomic mass is 32.2. The van der Waals surface area contributed by atoms with Gasteiger partial charge in [-0.2, -0.15) is 8.42 Å². The molecular weight excluding hydrogens is 357 g/mol. The summed E-state index contributed by atoms with van der Waals surface area (Å²) in [6, 6.07) is 11.6. The minimum absolute atomic E-state index is 0.119. The standard InChI is InChI=1S/C18H18FN3O3S/c19-16-4-2-1-3-13(16)14-10-15(14)18(23)21-12-6-5-11-7-8-22(17(11)9-12)26(20,24)25/h1-6,9,14-15H,7-8,10H2,(H,21,23)(H2,20,24,25)/t14-,15+/m0/s1. The Bertz CT molecular complexity index is 993. The van der Waals surface area contributed by atoms with Crippen molar-refractivity contribution < 1.29 is 17.6 Å². The van der Waals surface area contributed by atoms with Gasteiger partial charge in [0.2, 0.25) is 5.91 Å². The molecule has 136 valence electrons. The van der Waals surface area contributed by atoms with Crippen LogP contribution < -0.4 is 14.8 Å². The molecule has 0 saturated heterocycles. The second-order valence-corrected chi connectivity index (χ2v) is 8.14. The average Bonchev–Trinajstić information content (AvgIpc) is 3.25. The molecule has 2 aromatic rings. The van der Waals surface area contributed by atoms with Crippen LogP contribution >= 0.6 is 0 Å². The van der Waals surface area contributed by atoms with E-state index in [-0.39, 0.29) is 23.6 Å². The van der Waals surface area contributed by atoms with Crippen LogP contribution in [0.25, 0.3) is 0 Å². The summed E-state index contributed by atoms with van der Waals surface area (Å²) in [7, 11) is -3.84. The Balaban J connectivity index is 1.49. The minimum Gasteiger partial charge on any atom is -0.326 e. The van der Waals surface area contributed by atoms with Crippen molar-refractivity contribution in [3.8, 4) is 0 Å². The maximum atomic E-state index is 13.8. The van der Waals surface area contributed by atoms with Crippen molar-refractivity contribution in [2.45, 2.75) is 18.8 Å². The average molecular weight is 375 g/mol. The van der Waals surface area contributed by atoms with Gasteiger partial charge in [-0.05, 0) is 48.1 Å². The van der Waals surface area contributed by atoms with Crippen LogP contribution in [0.3, 0.4) is 0 Å². The van der Waals surface area contributed by atoms with Crippen molar-refractivity contribution in [2.24, 2.45) is 11.1 Å². The van der Waals surface area contributed by atoms with Gasteiger partial charge in [-0.1, -0.05) is 24.3 Å². The zero-order valence-corrected chi connectivity index (χ0v) is 14.7. The normalized spacial score (nSPS) is 21.4. The number of anilines is 2. The number of fused-ring (bicyclic) bond motifs is 1. The van der Waals surface area contributed by atoms with Gasteiger partial charge in [-0.15, -0.1) is 0 Å². The van der Waals surface area contributed by atoms with Crippen LogP contribution in [0.1, 0.15) is 23.5 Å². The molecule has 0 bridgehead atoms. The summed E-state index contributed by atoms with van der Waals surface area (Å²) in [4.78, 5) is 12.5. The summed E-state index contributed by atoms with van der Waals surface area (Å²) in [5.74, 6) is -0.895. The van der Waals surface area contributed by atoms with Gasteiger partial charge in [0.25, 0.3) is 10.2 Å². The van der Waals surface area contributed by atoms with Crippen LogP contribution in [0.2, 0.25) is 0 Å². The summed E-state index contributed by atoms with van der Waals surface area (Å²) in [5.41, 5.74) is 2.42. The molecule has 1 saturated carbocycles. The highest BCUT2D eigenvalue weighted by Gasteiger charge is 2.45. The Hall–Kier alpha value is -2.45. The van der Waals surface area contributed by atoms with Crippen molar-refractivity contribution >= 4 is 27.5 Å². The zero-order chi connectivity index (χ0) is 18.5. The van der Waals surface area contributed by atoms with E-state index in [1.54, 1.807) is 36.4 Å². The lowest BCUT2D eigenvalue weighted by atomic mass is 10.1. The number of rotatable bonds is 4. The molecule has 2 aromatic carbocycles. The van der Waals surface area contributed by atoms with E-state index < -0.39 is 10.2 Å². The van der Waals surface area contributed by atoms with Crippen LogP contribution in [-0.4, -0.2) is 20.9 Å². The van der Waals surface area contributed by atoms with Gasteiger partial charge >= 0.3 is 0 Å². The van der Waals surface area contributed by atoms with E-state index in [0.29, 0.717) is 36.3 Å². The molecule has 3 N–H and O–H groups in total. The Morgan fingerprint density at radius 2 is 2.00 bits per heavy atom. The van der Waals surface area contributed by atoms with Gasteiger partial charge in [0.15, 0.2) is 0 Å². The molecular formula is C18H18FN3O3S. The number of nitrogens with zero attached hydrogens (tertiary/aromatic N) is 1. The Kier molecular flexibility index (Phi) is 3.96. The number of nitrogens with one attached hydrogen (secondary N) is 1. The minimum atomic E-state index is -3.84. The van der Waals surface area contributed by atoms with E-state index >= 15 is 0 Å². The lowest BCUT2D eigenvalue weighted by molar-refractivity contribution is -0.117. The molecule has 1 aliphatic carbocycles. The Morgan fingerprint density at radius 3 is 2.73 bits per heavy atom. The van der Waals surface area contributed by atoms with E-state index in [1.165, 1.54) is 6.07 Å². The van der Waals surface area contributed by atoms with Crippen LogP contribution in [-0.2, 0) is 21.4 Å². The van der Waals surface area contributed by atoms with Crippen LogP contribution in [0.15, 0.2) is 42.5 Å². The van der Waals surface area contributed by atoms with Crippen molar-refractivity contribution in [3.63, 3.8) is 0 Å². The van der Waals surface area contributed by atoms with Gasteiger partial charge in [-0.25, -0.2) is 9.53 Å². The first-order valence-electron chi connectivity index (χ1n) is 8.33. The third-order valence-electron chi connectivity index (χ3n) is 4.94. The topological polar surface area (TPSA) is 92.5 Å². The predicted octanol–water partition coefficient (Wildman–Crippen LogP) is 2.13. The van der Waals surface area contributed by atoms with E-state index in [4.69, 9.17) is 5.14 Å². The van der Waals surface area contributed by atoms with E-state index in [2.05, 4.69) is 5.32 Å². The first-order valence-corrected chi connectivity index (χ1v) is 9.83. The van der Waals surface area contributed by atoms with Crippen LogP contribution in [0.5, 0.6) is 0 Å². The van der Waals surface area contributed by atoms with Gasteiger partial charge in [0, 0.05) is 18.2 Å². The number of halogens is 1. The smallest absolute Gasteiger partial charge is 0.299 e. The molecule has 0 spiro atoms. The fourth-order valence-electron chi connectivity index (χ4n) is 3.53. The molecule has 1 amide bonds. The van der Waals surface area contributed by atoms with Crippen molar-refractivity contribution in [1.82, 2.24) is 0 Å². The summed E-state index contributed by atoms with van der Waals surface area (Å²) in [6.07, 6.45) is 1.18. The third-order valence-corrected chi connectivity index (χ3v) is 5.94. The SMILES string of the molecule is NS(=O)(=O)N1CCc2ccc(NC(=O)[C@@H]3C[C@H]3c3ccccc3F)cc21. The molecule has 2 atom stereocenters. The number of nitrogens with two attached hydrogens (primary N) is 1. The first kappa shape index (κ1) is 17.0. The van der Waals surface area contributed by atoms with Crippen LogP contribution in [0, 0.1) is 11.7 Å². The number of carbonyl (C=O) groups is 1. The van der Waals surface area contributed by atoms with Gasteiger partial charge < -0.3 is 5.32 Å². The molecule has 0 unspecified atom stereocenters. The third kappa shape index (κ3) is 3.06.